The minimum atomic E-state index is -1.10. The number of hydrogen-bond donors (Lipinski definition) is 1. The van der Waals surface area contributed by atoms with Crippen molar-refractivity contribution in [2.24, 2.45) is 0 Å². The average Bonchev–Trinajstić information content (AvgIpc) is 3.01. The van der Waals surface area contributed by atoms with E-state index in [0.29, 0.717) is 16.3 Å². The van der Waals surface area contributed by atoms with Gasteiger partial charge in [0.1, 0.15) is 17.7 Å². The molecular formula is C24H18ClF2N3O3. The number of amides is 4. The van der Waals surface area contributed by atoms with Gasteiger partial charge >= 0.3 is 6.03 Å². The Morgan fingerprint density at radius 3 is 2.06 bits per heavy atom. The van der Waals surface area contributed by atoms with Gasteiger partial charge < -0.3 is 10.2 Å². The van der Waals surface area contributed by atoms with Gasteiger partial charge in [-0.3, -0.25) is 9.59 Å². The van der Waals surface area contributed by atoms with Crippen molar-refractivity contribution in [1.82, 2.24) is 4.90 Å². The summed E-state index contributed by atoms with van der Waals surface area (Å²) in [5.74, 6) is -2.04. The molecular weight excluding hydrogens is 452 g/mol. The van der Waals surface area contributed by atoms with Crippen molar-refractivity contribution in [1.29, 1.82) is 0 Å². The third-order valence-corrected chi connectivity index (χ3v) is 5.43. The zero-order valence-electron chi connectivity index (χ0n) is 17.2. The molecule has 4 rings (SSSR count). The molecule has 1 fully saturated rings. The van der Waals surface area contributed by atoms with Gasteiger partial charge in [-0.2, -0.15) is 0 Å². The zero-order valence-corrected chi connectivity index (χ0v) is 17.9. The molecule has 33 heavy (non-hydrogen) atoms. The van der Waals surface area contributed by atoms with Crippen LogP contribution in [0, 0.1) is 11.6 Å². The first kappa shape index (κ1) is 22.4. The highest BCUT2D eigenvalue weighted by Crippen LogP contribution is 2.29. The van der Waals surface area contributed by atoms with Gasteiger partial charge in [0, 0.05) is 17.3 Å². The van der Waals surface area contributed by atoms with Gasteiger partial charge in [0.15, 0.2) is 0 Å². The van der Waals surface area contributed by atoms with Gasteiger partial charge in [0.25, 0.3) is 5.91 Å². The van der Waals surface area contributed by atoms with E-state index >= 15 is 0 Å². The number of carbonyl (C=O) groups is 3. The molecule has 0 aliphatic carbocycles. The molecule has 4 amide bonds. The minimum Gasteiger partial charge on any atom is -0.326 e. The molecule has 1 heterocycles. The first-order chi connectivity index (χ1) is 15.8. The topological polar surface area (TPSA) is 69.7 Å². The second kappa shape index (κ2) is 9.38. The molecule has 0 bridgehead atoms. The van der Waals surface area contributed by atoms with Crippen molar-refractivity contribution in [2.45, 2.75) is 19.0 Å². The zero-order chi connectivity index (χ0) is 23.5. The molecule has 9 heteroatoms. The first-order valence-corrected chi connectivity index (χ1v) is 10.4. The van der Waals surface area contributed by atoms with Crippen molar-refractivity contribution < 1.29 is 23.2 Å². The van der Waals surface area contributed by atoms with E-state index in [1.807, 2.05) is 0 Å². The number of anilines is 2. The van der Waals surface area contributed by atoms with Crippen LogP contribution in [0.5, 0.6) is 0 Å². The average molecular weight is 470 g/mol. The maximum absolute atomic E-state index is 13.4. The molecule has 3 aromatic carbocycles. The fourth-order valence-electron chi connectivity index (χ4n) is 3.55. The normalized spacial score (nSPS) is 15.8. The van der Waals surface area contributed by atoms with E-state index in [0.717, 1.165) is 17.0 Å². The monoisotopic (exact) mass is 469 g/mol. The van der Waals surface area contributed by atoms with Gasteiger partial charge in [-0.15, -0.1) is 0 Å². The Bertz CT molecular complexity index is 1190. The minimum absolute atomic E-state index is 0.0125. The Kier molecular flexibility index (Phi) is 6.37. The molecule has 1 aliphatic rings. The van der Waals surface area contributed by atoms with Gasteiger partial charge in [-0.05, 0) is 66.2 Å². The molecule has 1 saturated heterocycles. The molecule has 0 aromatic heterocycles. The van der Waals surface area contributed by atoms with Crippen LogP contribution in [0.25, 0.3) is 0 Å². The molecule has 168 valence electrons. The van der Waals surface area contributed by atoms with Crippen LogP contribution in [-0.4, -0.2) is 28.8 Å². The predicted octanol–water partition coefficient (Wildman–Crippen LogP) is 4.98. The standard InChI is InChI=1S/C24H18ClF2N3O3/c25-16-3-9-19(10-4-16)28-22(31)13-21-23(32)30(20-11-7-18(27)8-12-20)24(33)29(21)14-15-1-5-17(26)6-2-15/h1-12,21H,13-14H2,(H,28,31). The van der Waals surface area contributed by atoms with Crippen LogP contribution in [-0.2, 0) is 16.1 Å². The number of hydrogen-bond acceptors (Lipinski definition) is 3. The molecule has 1 aliphatic heterocycles. The number of halogens is 3. The number of imide groups is 1. The van der Waals surface area contributed by atoms with Crippen LogP contribution < -0.4 is 10.2 Å². The molecule has 3 aromatic rings. The third-order valence-electron chi connectivity index (χ3n) is 5.18. The summed E-state index contributed by atoms with van der Waals surface area (Å²) in [5, 5.41) is 3.18. The molecule has 1 unspecified atom stereocenters. The van der Waals surface area contributed by atoms with Crippen molar-refractivity contribution in [3.8, 4) is 0 Å². The lowest BCUT2D eigenvalue weighted by Crippen LogP contribution is -2.37. The number of rotatable bonds is 6. The van der Waals surface area contributed by atoms with Gasteiger partial charge in [-0.1, -0.05) is 23.7 Å². The van der Waals surface area contributed by atoms with Gasteiger partial charge in [0.05, 0.1) is 12.1 Å². The van der Waals surface area contributed by atoms with Gasteiger partial charge in [0.2, 0.25) is 5.91 Å². The Morgan fingerprint density at radius 2 is 1.45 bits per heavy atom. The largest absolute Gasteiger partial charge is 0.332 e. The van der Waals surface area contributed by atoms with E-state index in [-0.39, 0.29) is 18.7 Å². The van der Waals surface area contributed by atoms with E-state index in [4.69, 9.17) is 11.6 Å². The second-order valence-electron chi connectivity index (χ2n) is 7.46. The van der Waals surface area contributed by atoms with E-state index < -0.39 is 35.5 Å². The fraction of sp³-hybridized carbons (Fsp3) is 0.125. The molecule has 6 nitrogen and oxygen atoms in total. The summed E-state index contributed by atoms with van der Waals surface area (Å²) in [4.78, 5) is 41.2. The second-order valence-corrected chi connectivity index (χ2v) is 7.90. The highest BCUT2D eigenvalue weighted by molar-refractivity contribution is 6.30. The van der Waals surface area contributed by atoms with Crippen molar-refractivity contribution in [3.63, 3.8) is 0 Å². The summed E-state index contributed by atoms with van der Waals surface area (Å²) in [5.41, 5.74) is 1.26. The number of carbonyl (C=O) groups excluding carboxylic acids is 3. The number of nitrogens with one attached hydrogen (secondary N) is 1. The lowest BCUT2D eigenvalue weighted by Gasteiger charge is -2.21. The molecule has 0 saturated carbocycles. The van der Waals surface area contributed by atoms with Crippen LogP contribution in [0.4, 0.5) is 25.0 Å². The molecule has 0 spiro atoms. The summed E-state index contributed by atoms with van der Waals surface area (Å²) < 4.78 is 26.7. The quantitative estimate of drug-likeness (QED) is 0.517. The van der Waals surface area contributed by atoms with E-state index in [1.54, 1.807) is 24.3 Å². The van der Waals surface area contributed by atoms with Crippen LogP contribution >= 0.6 is 11.6 Å². The summed E-state index contributed by atoms with van der Waals surface area (Å²) in [7, 11) is 0. The maximum Gasteiger partial charge on any atom is 0.332 e. The summed E-state index contributed by atoms with van der Waals surface area (Å²) in [6.45, 7) is -0.0125. The Labute approximate surface area is 193 Å². The summed E-state index contributed by atoms with van der Waals surface area (Å²) in [6.07, 6.45) is -0.300. The van der Waals surface area contributed by atoms with Crippen molar-refractivity contribution in [2.75, 3.05) is 10.2 Å². The van der Waals surface area contributed by atoms with Gasteiger partial charge in [-0.25, -0.2) is 18.5 Å². The first-order valence-electron chi connectivity index (χ1n) is 10.0. The number of benzene rings is 3. The summed E-state index contributed by atoms with van der Waals surface area (Å²) in [6, 6.07) is 15.1. The highest BCUT2D eigenvalue weighted by atomic mass is 35.5. The van der Waals surface area contributed by atoms with Crippen LogP contribution in [0.15, 0.2) is 72.8 Å². The third kappa shape index (κ3) is 5.01. The van der Waals surface area contributed by atoms with E-state index in [9.17, 15) is 23.2 Å². The summed E-state index contributed by atoms with van der Waals surface area (Å²) >= 11 is 5.86. The predicted molar refractivity (Wildman–Crippen MR) is 120 cm³/mol. The number of urea groups is 1. The smallest absolute Gasteiger partial charge is 0.326 e. The fourth-order valence-corrected chi connectivity index (χ4v) is 3.67. The molecule has 1 N–H and O–H groups in total. The molecule has 1 atom stereocenters. The maximum atomic E-state index is 13.4. The lowest BCUT2D eigenvalue weighted by molar-refractivity contribution is -0.124. The van der Waals surface area contributed by atoms with Crippen LogP contribution in [0.1, 0.15) is 12.0 Å². The number of nitrogens with zero attached hydrogens (tertiary/aromatic N) is 2. The Balaban J connectivity index is 1.59. The van der Waals surface area contributed by atoms with Crippen molar-refractivity contribution in [3.05, 3.63) is 95.0 Å². The van der Waals surface area contributed by atoms with E-state index in [2.05, 4.69) is 5.32 Å². The lowest BCUT2D eigenvalue weighted by atomic mass is 10.1. The van der Waals surface area contributed by atoms with E-state index in [1.165, 1.54) is 41.3 Å². The SMILES string of the molecule is O=C(CC1C(=O)N(c2ccc(F)cc2)C(=O)N1Cc1ccc(F)cc1)Nc1ccc(Cl)cc1. The Hall–Kier alpha value is -3.78. The van der Waals surface area contributed by atoms with Crippen molar-refractivity contribution >= 4 is 40.8 Å². The van der Waals surface area contributed by atoms with Crippen LogP contribution in [0.3, 0.4) is 0 Å². The molecule has 0 radical (unpaired) electrons. The highest BCUT2D eigenvalue weighted by Gasteiger charge is 2.46. The Morgan fingerprint density at radius 1 is 0.879 bits per heavy atom. The van der Waals surface area contributed by atoms with Crippen LogP contribution in [0.2, 0.25) is 5.02 Å².